The van der Waals surface area contributed by atoms with Gasteiger partial charge in [0.1, 0.15) is 0 Å². The largest absolute Gasteiger partial charge is 0.353 e. The molecule has 1 amide bonds. The van der Waals surface area contributed by atoms with Crippen molar-refractivity contribution >= 4 is 32.7 Å². The second kappa shape index (κ2) is 6.73. The van der Waals surface area contributed by atoms with Crippen LogP contribution in [0.25, 0.3) is 10.9 Å². The van der Waals surface area contributed by atoms with Crippen molar-refractivity contribution in [2.75, 3.05) is 0 Å². The Morgan fingerprint density at radius 2 is 2.07 bits per heavy atom. The highest BCUT2D eigenvalue weighted by atomic mass is 79.9. The number of aromatic nitrogens is 2. The Kier molecular flexibility index (Phi) is 4.34. The van der Waals surface area contributed by atoms with E-state index in [2.05, 4.69) is 26.2 Å². The number of nitrogens with zero attached hydrogens (tertiary/aromatic N) is 2. The van der Waals surface area contributed by atoms with Crippen molar-refractivity contribution in [1.29, 1.82) is 0 Å². The van der Waals surface area contributed by atoms with E-state index in [0.717, 1.165) is 28.6 Å². The molecule has 5 atom stereocenters. The number of hydrogen-bond acceptors (Lipinski definition) is 3. The molecule has 6 heteroatoms. The van der Waals surface area contributed by atoms with Gasteiger partial charge in [0.25, 0.3) is 5.56 Å². The van der Waals surface area contributed by atoms with Gasteiger partial charge in [-0.05, 0) is 67.6 Å². The van der Waals surface area contributed by atoms with Crippen LogP contribution in [0.15, 0.2) is 33.8 Å². The molecule has 3 aliphatic rings. The molecule has 5 rings (SSSR count). The summed E-state index contributed by atoms with van der Waals surface area (Å²) >= 11 is 3.40. The van der Waals surface area contributed by atoms with Crippen LogP contribution < -0.4 is 10.9 Å². The van der Waals surface area contributed by atoms with Crippen molar-refractivity contribution in [2.24, 2.45) is 23.7 Å². The van der Waals surface area contributed by atoms with Crippen LogP contribution in [-0.2, 0) is 11.3 Å². The van der Waals surface area contributed by atoms with Gasteiger partial charge in [0.15, 0.2) is 0 Å². The van der Waals surface area contributed by atoms with Crippen molar-refractivity contribution in [3.05, 3.63) is 39.4 Å². The first-order valence-electron chi connectivity index (χ1n) is 10.0. The quantitative estimate of drug-likeness (QED) is 0.808. The number of carbonyl (C=O) groups is 1. The summed E-state index contributed by atoms with van der Waals surface area (Å²) in [6, 6.07) is 5.83. The fraction of sp³-hybridized carbons (Fsp3) is 0.571. The van der Waals surface area contributed by atoms with Crippen molar-refractivity contribution in [1.82, 2.24) is 14.9 Å². The molecule has 142 valence electrons. The van der Waals surface area contributed by atoms with Crippen LogP contribution in [0.4, 0.5) is 0 Å². The van der Waals surface area contributed by atoms with Crippen LogP contribution in [0.1, 0.15) is 38.5 Å². The van der Waals surface area contributed by atoms with Crippen molar-refractivity contribution in [2.45, 2.75) is 51.1 Å². The number of amides is 1. The number of halogens is 1. The molecule has 0 spiro atoms. The molecule has 0 saturated heterocycles. The summed E-state index contributed by atoms with van der Waals surface area (Å²) in [6.45, 7) is 0.368. The van der Waals surface area contributed by atoms with Gasteiger partial charge in [-0.15, -0.1) is 0 Å². The Morgan fingerprint density at radius 1 is 1.22 bits per heavy atom. The lowest BCUT2D eigenvalue weighted by molar-refractivity contribution is -0.122. The van der Waals surface area contributed by atoms with E-state index < -0.39 is 0 Å². The standard InChI is InChI=1S/C21H24BrN3O2/c22-13-4-5-18-17(10-13)21(27)25(11-23-18)7-6-20(26)24-19-9-12-8-16(19)15-3-1-2-14(12)15/h4-5,10-12,14-16,19H,1-3,6-9H2,(H,24,26). The summed E-state index contributed by atoms with van der Waals surface area (Å²) in [4.78, 5) is 29.5. The third-order valence-corrected chi connectivity index (χ3v) is 7.63. The number of rotatable bonds is 4. The molecule has 1 aromatic heterocycles. The summed E-state index contributed by atoms with van der Waals surface area (Å²) in [5.41, 5.74) is 0.583. The zero-order chi connectivity index (χ0) is 18.5. The average Bonchev–Trinajstić information content (AvgIpc) is 3.35. The van der Waals surface area contributed by atoms with Crippen molar-refractivity contribution in [3.63, 3.8) is 0 Å². The average molecular weight is 430 g/mol. The monoisotopic (exact) mass is 429 g/mol. The minimum absolute atomic E-state index is 0.0586. The maximum Gasteiger partial charge on any atom is 0.261 e. The SMILES string of the molecule is O=C(CCn1cnc2ccc(Br)cc2c1=O)NC1CC2CC1C1CCCC21. The maximum atomic E-state index is 12.6. The molecule has 1 heterocycles. The third-order valence-electron chi connectivity index (χ3n) is 7.14. The van der Waals surface area contributed by atoms with Gasteiger partial charge in [0, 0.05) is 23.5 Å². The second-order valence-electron chi connectivity index (χ2n) is 8.48. The van der Waals surface area contributed by atoms with Gasteiger partial charge >= 0.3 is 0 Å². The number of aryl methyl sites for hydroxylation is 1. The van der Waals surface area contributed by atoms with Gasteiger partial charge < -0.3 is 5.32 Å². The first-order chi connectivity index (χ1) is 13.1. The van der Waals surface area contributed by atoms with E-state index in [4.69, 9.17) is 0 Å². The normalized spacial score (nSPS) is 31.4. The minimum atomic E-state index is -0.0946. The summed E-state index contributed by atoms with van der Waals surface area (Å²) in [5, 5.41) is 3.85. The lowest BCUT2D eigenvalue weighted by Crippen LogP contribution is -2.42. The van der Waals surface area contributed by atoms with E-state index in [1.54, 1.807) is 17.0 Å². The maximum absolute atomic E-state index is 12.6. The van der Waals surface area contributed by atoms with E-state index in [9.17, 15) is 9.59 Å². The van der Waals surface area contributed by atoms with Gasteiger partial charge in [-0.1, -0.05) is 22.4 Å². The number of carbonyl (C=O) groups excluding carboxylic acids is 1. The van der Waals surface area contributed by atoms with Gasteiger partial charge in [-0.3, -0.25) is 14.2 Å². The topological polar surface area (TPSA) is 64.0 Å². The Labute approximate surface area is 166 Å². The zero-order valence-electron chi connectivity index (χ0n) is 15.2. The molecule has 5 unspecified atom stereocenters. The van der Waals surface area contributed by atoms with Gasteiger partial charge in [-0.25, -0.2) is 4.98 Å². The van der Waals surface area contributed by atoms with Crippen molar-refractivity contribution in [3.8, 4) is 0 Å². The fourth-order valence-electron chi connectivity index (χ4n) is 6.03. The van der Waals surface area contributed by atoms with Gasteiger partial charge in [-0.2, -0.15) is 0 Å². The van der Waals surface area contributed by atoms with Gasteiger partial charge in [0.05, 0.1) is 17.2 Å². The Morgan fingerprint density at radius 3 is 2.96 bits per heavy atom. The summed E-state index contributed by atoms with van der Waals surface area (Å²) in [5.74, 6) is 3.36. The zero-order valence-corrected chi connectivity index (χ0v) is 16.8. The Bertz CT molecular complexity index is 956. The molecule has 0 aliphatic heterocycles. The number of nitrogens with one attached hydrogen (secondary N) is 1. The lowest BCUT2D eigenvalue weighted by Gasteiger charge is -2.32. The highest BCUT2D eigenvalue weighted by Gasteiger charge is 2.53. The first-order valence-corrected chi connectivity index (χ1v) is 10.8. The van der Waals surface area contributed by atoms with Crippen LogP contribution in [0.3, 0.4) is 0 Å². The highest BCUT2D eigenvalue weighted by Crippen LogP contribution is 2.58. The smallest absolute Gasteiger partial charge is 0.261 e. The highest BCUT2D eigenvalue weighted by molar-refractivity contribution is 9.10. The molecular weight excluding hydrogens is 406 g/mol. The molecule has 1 N–H and O–H groups in total. The molecule has 3 aliphatic carbocycles. The van der Waals surface area contributed by atoms with E-state index in [1.807, 2.05) is 12.1 Å². The predicted octanol–water partition coefficient (Wildman–Crippen LogP) is 3.49. The van der Waals surface area contributed by atoms with Crippen LogP contribution in [0.2, 0.25) is 0 Å². The van der Waals surface area contributed by atoms with Crippen molar-refractivity contribution < 1.29 is 4.79 Å². The fourth-order valence-corrected chi connectivity index (χ4v) is 6.39. The molecule has 3 saturated carbocycles. The first kappa shape index (κ1) is 17.4. The van der Waals surface area contributed by atoms with Crippen LogP contribution in [-0.4, -0.2) is 21.5 Å². The van der Waals surface area contributed by atoms with Crippen LogP contribution in [0.5, 0.6) is 0 Å². The van der Waals surface area contributed by atoms with E-state index in [1.165, 1.54) is 25.7 Å². The molecule has 27 heavy (non-hydrogen) atoms. The summed E-state index contributed by atoms with van der Waals surface area (Å²) in [7, 11) is 0. The molecule has 5 nitrogen and oxygen atoms in total. The number of fused-ring (bicyclic) bond motifs is 6. The summed E-state index contributed by atoms with van der Waals surface area (Å²) < 4.78 is 2.40. The van der Waals surface area contributed by atoms with E-state index in [-0.39, 0.29) is 11.5 Å². The lowest BCUT2D eigenvalue weighted by atomic mass is 9.79. The molecule has 2 aromatic rings. The molecule has 3 fully saturated rings. The number of hydrogen-bond donors (Lipinski definition) is 1. The Balaban J connectivity index is 1.23. The van der Waals surface area contributed by atoms with E-state index in [0.29, 0.717) is 35.8 Å². The minimum Gasteiger partial charge on any atom is -0.353 e. The molecule has 1 aromatic carbocycles. The van der Waals surface area contributed by atoms with Crippen LogP contribution >= 0.6 is 15.9 Å². The predicted molar refractivity (Wildman–Crippen MR) is 107 cm³/mol. The van der Waals surface area contributed by atoms with Gasteiger partial charge in [0.2, 0.25) is 5.91 Å². The second-order valence-corrected chi connectivity index (χ2v) is 9.40. The summed E-state index contributed by atoms with van der Waals surface area (Å²) in [6.07, 6.45) is 8.46. The van der Waals surface area contributed by atoms with Crippen LogP contribution in [0, 0.1) is 23.7 Å². The molecule has 2 bridgehead atoms. The van der Waals surface area contributed by atoms with E-state index >= 15 is 0 Å². The third kappa shape index (κ3) is 3.02. The molecule has 0 radical (unpaired) electrons. The number of benzene rings is 1. The Hall–Kier alpha value is -1.69. The molecular formula is C21H24BrN3O2.